The highest BCUT2D eigenvalue weighted by molar-refractivity contribution is 6.35. The zero-order valence-electron chi connectivity index (χ0n) is 17.1. The summed E-state index contributed by atoms with van der Waals surface area (Å²) in [7, 11) is 1.61. The molecule has 5 nitrogen and oxygen atoms in total. The molecule has 0 atom stereocenters. The molecule has 2 aliphatic rings. The van der Waals surface area contributed by atoms with Gasteiger partial charge in [0.25, 0.3) is 11.8 Å². The molecule has 5 heteroatoms. The lowest BCUT2D eigenvalue weighted by Gasteiger charge is -2.31. The van der Waals surface area contributed by atoms with Gasteiger partial charge in [-0.1, -0.05) is 50.2 Å². The van der Waals surface area contributed by atoms with E-state index in [-0.39, 0.29) is 17.7 Å². The molecule has 0 saturated carbocycles. The Hall–Kier alpha value is -3.08. The molecule has 0 aromatic heterocycles. The van der Waals surface area contributed by atoms with E-state index in [9.17, 15) is 9.59 Å². The van der Waals surface area contributed by atoms with E-state index in [2.05, 4.69) is 17.0 Å². The number of nitrogens with zero attached hydrogens (tertiary/aromatic N) is 2. The molecule has 0 radical (unpaired) electrons. The minimum Gasteiger partial charge on any atom is -0.497 e. The van der Waals surface area contributed by atoms with Gasteiger partial charge >= 0.3 is 0 Å². The molecule has 2 heterocycles. The molecule has 0 saturated heterocycles. The molecule has 29 heavy (non-hydrogen) atoms. The van der Waals surface area contributed by atoms with E-state index >= 15 is 0 Å². The number of amides is 2. The van der Waals surface area contributed by atoms with E-state index in [1.54, 1.807) is 7.11 Å². The predicted molar refractivity (Wildman–Crippen MR) is 112 cm³/mol. The van der Waals surface area contributed by atoms with E-state index in [1.807, 2.05) is 50.2 Å². The third-order valence-corrected chi connectivity index (χ3v) is 5.52. The van der Waals surface area contributed by atoms with Crippen molar-refractivity contribution >= 4 is 17.4 Å². The van der Waals surface area contributed by atoms with Crippen molar-refractivity contribution in [3.8, 4) is 5.75 Å². The first kappa shape index (κ1) is 19.2. The van der Waals surface area contributed by atoms with Crippen molar-refractivity contribution in [1.29, 1.82) is 0 Å². The van der Waals surface area contributed by atoms with Crippen LogP contribution >= 0.6 is 0 Å². The second kappa shape index (κ2) is 7.74. The van der Waals surface area contributed by atoms with E-state index in [0.29, 0.717) is 24.4 Å². The Morgan fingerprint density at radius 1 is 0.966 bits per heavy atom. The molecule has 0 unspecified atom stereocenters. The fraction of sp³-hybridized carbons (Fsp3) is 0.333. The van der Waals surface area contributed by atoms with Gasteiger partial charge in [0, 0.05) is 19.6 Å². The summed E-state index contributed by atoms with van der Waals surface area (Å²) in [6, 6.07) is 15.7. The minimum atomic E-state index is -0.206. The average Bonchev–Trinajstić information content (AvgIpc) is 2.98. The van der Waals surface area contributed by atoms with Crippen molar-refractivity contribution in [2.45, 2.75) is 26.8 Å². The molecule has 0 fully saturated rings. The lowest BCUT2D eigenvalue weighted by molar-refractivity contribution is -0.138. The highest BCUT2D eigenvalue weighted by Crippen LogP contribution is 2.35. The Labute approximate surface area is 171 Å². The molecule has 0 N–H and O–H groups in total. The lowest BCUT2D eigenvalue weighted by Crippen LogP contribution is -2.38. The minimum absolute atomic E-state index is 0.186. The largest absolute Gasteiger partial charge is 0.497 e. The SMILES string of the molecule is COc1ccc(C2=C(N3CCc4ccccc4C3)C(=O)N(CC(C)C)C2=O)cc1. The van der Waals surface area contributed by atoms with Gasteiger partial charge in [-0.25, -0.2) is 0 Å². The molecule has 2 aromatic rings. The topological polar surface area (TPSA) is 49.9 Å². The van der Waals surface area contributed by atoms with Crippen LogP contribution in [0.2, 0.25) is 0 Å². The second-order valence-electron chi connectivity index (χ2n) is 8.01. The number of hydrogen-bond acceptors (Lipinski definition) is 4. The summed E-state index contributed by atoms with van der Waals surface area (Å²) in [6.45, 7) is 5.82. The molecule has 0 spiro atoms. The summed E-state index contributed by atoms with van der Waals surface area (Å²) < 4.78 is 5.25. The molecule has 4 rings (SSSR count). The maximum absolute atomic E-state index is 13.4. The van der Waals surface area contributed by atoms with E-state index < -0.39 is 0 Å². The Bertz CT molecular complexity index is 976. The van der Waals surface area contributed by atoms with Crippen LogP contribution in [-0.4, -0.2) is 41.8 Å². The molecular formula is C24H26N2O3. The number of carbonyl (C=O) groups excluding carboxylic acids is 2. The van der Waals surface area contributed by atoms with Gasteiger partial charge < -0.3 is 9.64 Å². The first-order valence-electron chi connectivity index (χ1n) is 10.1. The number of fused-ring (bicyclic) bond motifs is 1. The Kier molecular flexibility index (Phi) is 5.14. The molecular weight excluding hydrogens is 364 g/mol. The summed E-state index contributed by atoms with van der Waals surface area (Å²) in [5.74, 6) is 0.539. The van der Waals surface area contributed by atoms with Crippen molar-refractivity contribution < 1.29 is 14.3 Å². The maximum Gasteiger partial charge on any atom is 0.277 e. The second-order valence-corrected chi connectivity index (χ2v) is 8.01. The van der Waals surface area contributed by atoms with Gasteiger partial charge in [-0.3, -0.25) is 14.5 Å². The summed E-state index contributed by atoms with van der Waals surface area (Å²) in [6.07, 6.45) is 0.862. The summed E-state index contributed by atoms with van der Waals surface area (Å²) >= 11 is 0. The van der Waals surface area contributed by atoms with Gasteiger partial charge in [-0.2, -0.15) is 0 Å². The maximum atomic E-state index is 13.4. The highest BCUT2D eigenvalue weighted by Gasteiger charge is 2.42. The van der Waals surface area contributed by atoms with Crippen molar-refractivity contribution in [1.82, 2.24) is 9.80 Å². The molecule has 0 aliphatic carbocycles. The van der Waals surface area contributed by atoms with Gasteiger partial charge in [0.1, 0.15) is 11.4 Å². The van der Waals surface area contributed by atoms with Crippen molar-refractivity contribution in [2.24, 2.45) is 5.92 Å². The van der Waals surface area contributed by atoms with Crippen LogP contribution in [0, 0.1) is 5.92 Å². The number of imide groups is 1. The molecule has 2 aliphatic heterocycles. The van der Waals surface area contributed by atoms with Crippen LogP contribution < -0.4 is 4.74 Å². The first-order chi connectivity index (χ1) is 14.0. The fourth-order valence-corrected chi connectivity index (χ4v) is 4.09. The zero-order chi connectivity index (χ0) is 20.5. The van der Waals surface area contributed by atoms with Crippen LogP contribution in [0.4, 0.5) is 0 Å². The lowest BCUT2D eigenvalue weighted by atomic mass is 9.98. The summed E-state index contributed by atoms with van der Waals surface area (Å²) in [4.78, 5) is 30.1. The normalized spacial score (nSPS) is 16.7. The summed E-state index contributed by atoms with van der Waals surface area (Å²) in [5, 5.41) is 0. The van der Waals surface area contributed by atoms with Crippen LogP contribution in [-0.2, 0) is 22.6 Å². The Morgan fingerprint density at radius 2 is 1.66 bits per heavy atom. The quantitative estimate of drug-likeness (QED) is 0.734. The Morgan fingerprint density at radius 3 is 2.31 bits per heavy atom. The summed E-state index contributed by atoms with van der Waals surface area (Å²) in [5.41, 5.74) is 4.30. The molecule has 150 valence electrons. The van der Waals surface area contributed by atoms with Gasteiger partial charge in [-0.15, -0.1) is 0 Å². The first-order valence-corrected chi connectivity index (χ1v) is 10.1. The standard InChI is InChI=1S/C24H26N2O3/c1-16(2)14-26-23(27)21(18-8-10-20(29-3)11-9-18)22(24(26)28)25-13-12-17-6-4-5-7-19(17)15-25/h4-11,16H,12-15H2,1-3H3. The zero-order valence-corrected chi connectivity index (χ0v) is 17.1. The molecule has 2 aromatic carbocycles. The third kappa shape index (κ3) is 3.53. The van der Waals surface area contributed by atoms with Gasteiger partial charge in [0.15, 0.2) is 0 Å². The molecule has 0 bridgehead atoms. The fourth-order valence-electron chi connectivity index (χ4n) is 4.09. The monoisotopic (exact) mass is 390 g/mol. The van der Waals surface area contributed by atoms with Crippen molar-refractivity contribution in [3.05, 3.63) is 70.9 Å². The number of benzene rings is 2. The highest BCUT2D eigenvalue weighted by atomic mass is 16.5. The van der Waals surface area contributed by atoms with E-state index in [4.69, 9.17) is 4.74 Å². The van der Waals surface area contributed by atoms with E-state index in [0.717, 1.165) is 24.3 Å². The predicted octanol–water partition coefficient (Wildman–Crippen LogP) is 3.49. The Balaban J connectivity index is 1.77. The number of rotatable bonds is 5. The smallest absolute Gasteiger partial charge is 0.277 e. The van der Waals surface area contributed by atoms with Crippen LogP contribution in [0.15, 0.2) is 54.2 Å². The average molecular weight is 390 g/mol. The number of methoxy groups -OCH3 is 1. The van der Waals surface area contributed by atoms with Crippen molar-refractivity contribution in [2.75, 3.05) is 20.2 Å². The van der Waals surface area contributed by atoms with Crippen LogP contribution in [0.25, 0.3) is 5.57 Å². The van der Waals surface area contributed by atoms with Crippen LogP contribution in [0.3, 0.4) is 0 Å². The van der Waals surface area contributed by atoms with Gasteiger partial charge in [0.2, 0.25) is 0 Å². The third-order valence-electron chi connectivity index (χ3n) is 5.52. The van der Waals surface area contributed by atoms with Gasteiger partial charge in [0.05, 0.1) is 12.7 Å². The number of ether oxygens (including phenoxy) is 1. The van der Waals surface area contributed by atoms with E-state index in [1.165, 1.54) is 16.0 Å². The van der Waals surface area contributed by atoms with Crippen molar-refractivity contribution in [3.63, 3.8) is 0 Å². The van der Waals surface area contributed by atoms with Crippen LogP contribution in [0.5, 0.6) is 5.75 Å². The number of carbonyl (C=O) groups is 2. The van der Waals surface area contributed by atoms with Gasteiger partial charge in [-0.05, 0) is 41.2 Å². The van der Waals surface area contributed by atoms with Crippen LogP contribution in [0.1, 0.15) is 30.5 Å². The molecule has 2 amide bonds. The number of hydrogen-bond donors (Lipinski definition) is 0.